The molecule has 0 saturated carbocycles. The number of nitrogens with one attached hydrogen (secondary N) is 3. The second-order valence-electron chi connectivity index (χ2n) is 6.68. The molecule has 0 aliphatic heterocycles. The lowest BCUT2D eigenvalue weighted by molar-refractivity contribution is -0.122. The Balaban J connectivity index is 1.44. The van der Waals surface area contributed by atoms with Crippen LogP contribution in [-0.2, 0) is 22.6 Å². The van der Waals surface area contributed by atoms with Crippen molar-refractivity contribution in [1.82, 2.24) is 20.2 Å². The molecule has 1 aromatic heterocycles. The molecule has 0 spiro atoms. The highest BCUT2D eigenvalue weighted by atomic mass is 19.1. The molecule has 0 aliphatic rings. The molecule has 2 aromatic carbocycles. The molecule has 156 valence electrons. The third-order valence-corrected chi connectivity index (χ3v) is 4.51. The SMILES string of the molecule is O=C(CCn1c(=O)[nH]c(=O)c2ccccc21)NCCNC(=O)Cc1ccc(F)cc1. The third kappa shape index (κ3) is 5.40. The number of fused-ring (bicyclic) bond motifs is 1. The first-order valence-corrected chi connectivity index (χ1v) is 9.44. The van der Waals surface area contributed by atoms with Gasteiger partial charge >= 0.3 is 5.69 Å². The molecule has 2 amide bonds. The van der Waals surface area contributed by atoms with E-state index in [-0.39, 0.29) is 50.1 Å². The Labute approximate surface area is 170 Å². The van der Waals surface area contributed by atoms with Crippen LogP contribution < -0.4 is 21.9 Å². The topological polar surface area (TPSA) is 113 Å². The predicted molar refractivity (Wildman–Crippen MR) is 110 cm³/mol. The summed E-state index contributed by atoms with van der Waals surface area (Å²) in [5.74, 6) is -0.883. The molecule has 9 heteroatoms. The van der Waals surface area contributed by atoms with Gasteiger partial charge in [0.1, 0.15) is 5.82 Å². The highest BCUT2D eigenvalue weighted by Gasteiger charge is 2.09. The Hall–Kier alpha value is -3.75. The Morgan fingerprint density at radius 3 is 2.33 bits per heavy atom. The minimum atomic E-state index is -0.570. The van der Waals surface area contributed by atoms with Crippen LogP contribution in [0, 0.1) is 5.82 Å². The molecule has 30 heavy (non-hydrogen) atoms. The number of hydrogen-bond donors (Lipinski definition) is 3. The second-order valence-corrected chi connectivity index (χ2v) is 6.68. The van der Waals surface area contributed by atoms with E-state index < -0.39 is 11.2 Å². The molecule has 3 rings (SSSR count). The van der Waals surface area contributed by atoms with Gasteiger partial charge in [-0.25, -0.2) is 9.18 Å². The summed E-state index contributed by atoms with van der Waals surface area (Å²) in [5.41, 5.74) is 0.121. The van der Waals surface area contributed by atoms with E-state index >= 15 is 0 Å². The summed E-state index contributed by atoms with van der Waals surface area (Å²) in [7, 11) is 0. The van der Waals surface area contributed by atoms with Gasteiger partial charge in [0, 0.05) is 26.1 Å². The van der Waals surface area contributed by atoms with Crippen LogP contribution in [0.5, 0.6) is 0 Å². The molecule has 0 saturated heterocycles. The van der Waals surface area contributed by atoms with Crippen molar-refractivity contribution in [1.29, 1.82) is 0 Å². The number of nitrogens with zero attached hydrogens (tertiary/aromatic N) is 1. The van der Waals surface area contributed by atoms with Crippen molar-refractivity contribution in [2.24, 2.45) is 0 Å². The van der Waals surface area contributed by atoms with Crippen LogP contribution in [0.4, 0.5) is 4.39 Å². The van der Waals surface area contributed by atoms with Gasteiger partial charge in [-0.3, -0.25) is 23.9 Å². The van der Waals surface area contributed by atoms with Gasteiger partial charge in [-0.15, -0.1) is 0 Å². The zero-order chi connectivity index (χ0) is 21.5. The number of rotatable bonds is 8. The number of para-hydroxylation sites is 1. The maximum atomic E-state index is 12.9. The monoisotopic (exact) mass is 412 g/mol. The zero-order valence-electron chi connectivity index (χ0n) is 16.1. The van der Waals surface area contributed by atoms with E-state index in [2.05, 4.69) is 15.6 Å². The summed E-state index contributed by atoms with van der Waals surface area (Å²) >= 11 is 0. The number of carbonyl (C=O) groups is 2. The molecule has 0 bridgehead atoms. The molecule has 0 unspecified atom stereocenters. The molecular weight excluding hydrogens is 391 g/mol. The highest BCUT2D eigenvalue weighted by Crippen LogP contribution is 2.07. The van der Waals surface area contributed by atoms with Gasteiger partial charge in [0.2, 0.25) is 11.8 Å². The van der Waals surface area contributed by atoms with Gasteiger partial charge in [0.25, 0.3) is 5.56 Å². The fraction of sp³-hybridized carbons (Fsp3) is 0.238. The second kappa shape index (κ2) is 9.64. The minimum Gasteiger partial charge on any atom is -0.354 e. The van der Waals surface area contributed by atoms with Gasteiger partial charge in [0.15, 0.2) is 0 Å². The molecule has 8 nitrogen and oxygen atoms in total. The summed E-state index contributed by atoms with van der Waals surface area (Å²) < 4.78 is 14.2. The molecule has 3 aromatic rings. The number of aromatic amines is 1. The molecule has 0 radical (unpaired) electrons. The summed E-state index contributed by atoms with van der Waals surface area (Å²) in [4.78, 5) is 50.1. The molecule has 0 atom stereocenters. The van der Waals surface area contributed by atoms with Gasteiger partial charge in [-0.1, -0.05) is 24.3 Å². The van der Waals surface area contributed by atoms with E-state index in [1.54, 1.807) is 36.4 Å². The van der Waals surface area contributed by atoms with E-state index in [0.717, 1.165) is 0 Å². The lowest BCUT2D eigenvalue weighted by Crippen LogP contribution is -2.36. The number of aromatic nitrogens is 2. The number of aryl methyl sites for hydroxylation is 1. The van der Waals surface area contributed by atoms with Crippen LogP contribution in [-0.4, -0.2) is 34.5 Å². The third-order valence-electron chi connectivity index (χ3n) is 4.51. The van der Waals surface area contributed by atoms with Crippen molar-refractivity contribution in [2.45, 2.75) is 19.4 Å². The Morgan fingerprint density at radius 2 is 1.60 bits per heavy atom. The van der Waals surface area contributed by atoms with E-state index in [9.17, 15) is 23.6 Å². The van der Waals surface area contributed by atoms with E-state index in [4.69, 9.17) is 0 Å². The van der Waals surface area contributed by atoms with E-state index in [1.165, 1.54) is 16.7 Å². The number of benzene rings is 2. The Bertz CT molecular complexity index is 1170. The van der Waals surface area contributed by atoms with Crippen molar-refractivity contribution in [3.8, 4) is 0 Å². The molecule has 3 N–H and O–H groups in total. The zero-order valence-corrected chi connectivity index (χ0v) is 16.1. The first-order valence-electron chi connectivity index (χ1n) is 9.44. The fourth-order valence-corrected chi connectivity index (χ4v) is 3.02. The number of H-pyrrole nitrogens is 1. The van der Waals surface area contributed by atoms with E-state index in [0.29, 0.717) is 16.5 Å². The molecular formula is C21H21FN4O4. The normalized spacial score (nSPS) is 10.7. The maximum Gasteiger partial charge on any atom is 0.328 e. The first-order chi connectivity index (χ1) is 14.4. The van der Waals surface area contributed by atoms with Gasteiger partial charge in [-0.2, -0.15) is 0 Å². The van der Waals surface area contributed by atoms with Crippen molar-refractivity contribution in [3.05, 3.63) is 80.7 Å². The van der Waals surface area contributed by atoms with Gasteiger partial charge < -0.3 is 10.6 Å². The molecule has 0 aliphatic carbocycles. The average molecular weight is 412 g/mol. The van der Waals surface area contributed by atoms with E-state index in [1.807, 2.05) is 0 Å². The van der Waals surface area contributed by atoms with Crippen LogP contribution in [0.3, 0.4) is 0 Å². The lowest BCUT2D eigenvalue weighted by atomic mass is 10.1. The molecule has 1 heterocycles. The van der Waals surface area contributed by atoms with Crippen LogP contribution in [0.2, 0.25) is 0 Å². The lowest BCUT2D eigenvalue weighted by Gasteiger charge is -2.10. The summed E-state index contributed by atoms with van der Waals surface area (Å²) in [6.07, 6.45) is 0.163. The van der Waals surface area contributed by atoms with Crippen LogP contribution in [0.1, 0.15) is 12.0 Å². The fourth-order valence-electron chi connectivity index (χ4n) is 3.02. The van der Waals surface area contributed by atoms with Crippen molar-refractivity contribution in [2.75, 3.05) is 13.1 Å². The van der Waals surface area contributed by atoms with Crippen LogP contribution in [0.15, 0.2) is 58.1 Å². The minimum absolute atomic E-state index is 0.0411. The largest absolute Gasteiger partial charge is 0.354 e. The first kappa shape index (κ1) is 21.0. The predicted octanol–water partition coefficient (Wildman–Crippen LogP) is 0.694. The van der Waals surface area contributed by atoms with Crippen molar-refractivity contribution >= 4 is 22.7 Å². The Morgan fingerprint density at radius 1 is 0.933 bits per heavy atom. The smallest absolute Gasteiger partial charge is 0.328 e. The summed E-state index contributed by atoms with van der Waals surface area (Å²) in [6, 6.07) is 12.3. The quantitative estimate of drug-likeness (QED) is 0.473. The summed E-state index contributed by atoms with van der Waals surface area (Å²) in [6.45, 7) is 0.585. The number of carbonyl (C=O) groups excluding carboxylic acids is 2. The van der Waals surface area contributed by atoms with Gasteiger partial charge in [-0.05, 0) is 29.8 Å². The van der Waals surface area contributed by atoms with Crippen molar-refractivity contribution in [3.63, 3.8) is 0 Å². The van der Waals surface area contributed by atoms with Crippen LogP contribution in [0.25, 0.3) is 10.9 Å². The van der Waals surface area contributed by atoms with Crippen molar-refractivity contribution < 1.29 is 14.0 Å². The van der Waals surface area contributed by atoms with Crippen LogP contribution >= 0.6 is 0 Å². The number of amides is 2. The summed E-state index contributed by atoms with van der Waals surface area (Å²) in [5, 5.41) is 5.72. The maximum absolute atomic E-state index is 12.9. The standard InChI is InChI=1S/C21H21FN4O4/c22-15-7-5-14(6-8-15)13-19(28)24-11-10-23-18(27)9-12-26-17-4-2-1-3-16(17)20(29)25-21(26)30/h1-8H,9-13H2,(H,23,27)(H,24,28)(H,25,29,30). The number of hydrogen-bond acceptors (Lipinski definition) is 4. The Kier molecular flexibility index (Phi) is 6.74. The molecule has 0 fully saturated rings. The highest BCUT2D eigenvalue weighted by molar-refractivity contribution is 5.79. The average Bonchev–Trinajstić information content (AvgIpc) is 2.73. The number of halogens is 1. The van der Waals surface area contributed by atoms with Gasteiger partial charge in [0.05, 0.1) is 17.3 Å².